The lowest BCUT2D eigenvalue weighted by Gasteiger charge is -2.32. The molecule has 3 rings (SSSR count). The van der Waals surface area contributed by atoms with Gasteiger partial charge in [0.05, 0.1) is 16.2 Å². The van der Waals surface area contributed by atoms with Crippen LogP contribution in [0.2, 0.25) is 0 Å². The van der Waals surface area contributed by atoms with E-state index >= 15 is 0 Å². The summed E-state index contributed by atoms with van der Waals surface area (Å²) in [5, 5.41) is 13.6. The fourth-order valence-electron chi connectivity index (χ4n) is 3.32. The number of amides is 1. The lowest BCUT2D eigenvalue weighted by molar-refractivity contribution is -0.384. The quantitative estimate of drug-likeness (QED) is 0.433. The summed E-state index contributed by atoms with van der Waals surface area (Å²) in [6, 6.07) is 4.96. The molecule has 1 heterocycles. The standard InChI is InChI=1S/C19H16F5N3O3/c20-13-2-3-14(21)15(10-13)25-18(28)11-5-7-26(8-6-11)16-4-1-12(19(22,23)24)9-17(16)27(29)30/h1-4,9-11H,5-8H2,(H,25,28). The first kappa shape index (κ1) is 21.5. The summed E-state index contributed by atoms with van der Waals surface area (Å²) in [4.78, 5) is 24.3. The van der Waals surface area contributed by atoms with Gasteiger partial charge in [0, 0.05) is 31.1 Å². The molecule has 1 fully saturated rings. The number of rotatable bonds is 4. The second-order valence-corrected chi connectivity index (χ2v) is 6.83. The van der Waals surface area contributed by atoms with Crippen molar-refractivity contribution in [2.24, 2.45) is 5.92 Å². The highest BCUT2D eigenvalue weighted by atomic mass is 19.4. The summed E-state index contributed by atoms with van der Waals surface area (Å²) in [5.74, 6) is -2.59. The molecular formula is C19H16F5N3O3. The molecule has 0 atom stereocenters. The van der Waals surface area contributed by atoms with Crippen LogP contribution in [0.1, 0.15) is 18.4 Å². The number of carbonyl (C=O) groups is 1. The van der Waals surface area contributed by atoms with Gasteiger partial charge in [-0.05, 0) is 37.1 Å². The van der Waals surface area contributed by atoms with Gasteiger partial charge in [0.1, 0.15) is 17.3 Å². The predicted octanol–water partition coefficient (Wildman–Crippen LogP) is 4.75. The SMILES string of the molecule is O=C(Nc1cc(F)ccc1F)C1CCN(c2ccc(C(F)(F)F)cc2[N+](=O)[O-])CC1. The molecular weight excluding hydrogens is 413 g/mol. The van der Waals surface area contributed by atoms with Crippen molar-refractivity contribution in [3.8, 4) is 0 Å². The van der Waals surface area contributed by atoms with E-state index in [0.29, 0.717) is 6.07 Å². The van der Waals surface area contributed by atoms with E-state index in [1.165, 1.54) is 4.90 Å². The molecule has 1 N–H and O–H groups in total. The van der Waals surface area contributed by atoms with E-state index in [1.807, 2.05) is 0 Å². The van der Waals surface area contributed by atoms with Crippen LogP contribution in [0.15, 0.2) is 36.4 Å². The highest BCUT2D eigenvalue weighted by molar-refractivity contribution is 5.92. The first-order chi connectivity index (χ1) is 14.1. The molecule has 2 aromatic rings. The number of hydrogen-bond donors (Lipinski definition) is 1. The minimum absolute atomic E-state index is 0.0306. The molecule has 0 spiro atoms. The second-order valence-electron chi connectivity index (χ2n) is 6.83. The fourth-order valence-corrected chi connectivity index (χ4v) is 3.32. The van der Waals surface area contributed by atoms with Crippen LogP contribution in [0.25, 0.3) is 0 Å². The van der Waals surface area contributed by atoms with Gasteiger partial charge in [-0.1, -0.05) is 0 Å². The van der Waals surface area contributed by atoms with Crippen LogP contribution in [-0.4, -0.2) is 23.9 Å². The Hall–Kier alpha value is -3.24. The predicted molar refractivity (Wildman–Crippen MR) is 98.0 cm³/mol. The van der Waals surface area contributed by atoms with Crippen molar-refractivity contribution in [1.29, 1.82) is 0 Å². The minimum atomic E-state index is -4.71. The Morgan fingerprint density at radius 2 is 1.77 bits per heavy atom. The van der Waals surface area contributed by atoms with Crippen LogP contribution in [0.5, 0.6) is 0 Å². The normalized spacial score (nSPS) is 15.2. The number of hydrogen-bond acceptors (Lipinski definition) is 4. The van der Waals surface area contributed by atoms with E-state index < -0.39 is 45.8 Å². The van der Waals surface area contributed by atoms with Crippen molar-refractivity contribution in [2.75, 3.05) is 23.3 Å². The largest absolute Gasteiger partial charge is 0.416 e. The third-order valence-corrected chi connectivity index (χ3v) is 4.89. The van der Waals surface area contributed by atoms with Crippen LogP contribution in [0.3, 0.4) is 0 Å². The summed E-state index contributed by atoms with van der Waals surface area (Å²) in [6.45, 7) is 0.353. The molecule has 0 aromatic heterocycles. The molecule has 0 bridgehead atoms. The van der Waals surface area contributed by atoms with Crippen LogP contribution in [0.4, 0.5) is 39.0 Å². The number of nitrogens with one attached hydrogen (secondary N) is 1. The molecule has 1 saturated heterocycles. The van der Waals surface area contributed by atoms with Crippen molar-refractivity contribution in [2.45, 2.75) is 19.0 Å². The zero-order valence-corrected chi connectivity index (χ0v) is 15.4. The highest BCUT2D eigenvalue weighted by Crippen LogP contribution is 2.37. The molecule has 30 heavy (non-hydrogen) atoms. The Bertz CT molecular complexity index is 972. The molecule has 6 nitrogen and oxygen atoms in total. The minimum Gasteiger partial charge on any atom is -0.366 e. The molecule has 0 radical (unpaired) electrons. The third-order valence-electron chi connectivity index (χ3n) is 4.89. The smallest absolute Gasteiger partial charge is 0.366 e. The van der Waals surface area contributed by atoms with Crippen LogP contribution in [-0.2, 0) is 11.0 Å². The number of halogens is 5. The van der Waals surface area contributed by atoms with Gasteiger partial charge >= 0.3 is 6.18 Å². The number of alkyl halides is 3. The number of nitro groups is 1. The molecule has 2 aromatic carbocycles. The van der Waals surface area contributed by atoms with Crippen LogP contribution < -0.4 is 10.2 Å². The Balaban J connectivity index is 1.70. The van der Waals surface area contributed by atoms with Gasteiger partial charge in [-0.2, -0.15) is 13.2 Å². The number of anilines is 2. The maximum atomic E-state index is 13.7. The van der Waals surface area contributed by atoms with E-state index in [2.05, 4.69) is 5.32 Å². The van der Waals surface area contributed by atoms with Crippen molar-refractivity contribution in [3.63, 3.8) is 0 Å². The summed E-state index contributed by atoms with van der Waals surface area (Å²) in [5.41, 5.74) is -2.05. The summed E-state index contributed by atoms with van der Waals surface area (Å²) < 4.78 is 65.5. The maximum absolute atomic E-state index is 13.7. The molecule has 0 unspecified atom stereocenters. The summed E-state index contributed by atoms with van der Waals surface area (Å²) in [6.07, 6.45) is -4.23. The van der Waals surface area contributed by atoms with Gasteiger partial charge < -0.3 is 10.2 Å². The van der Waals surface area contributed by atoms with Gasteiger partial charge in [-0.3, -0.25) is 14.9 Å². The van der Waals surface area contributed by atoms with Gasteiger partial charge in [-0.25, -0.2) is 8.78 Å². The molecule has 1 aliphatic heterocycles. The average molecular weight is 429 g/mol. The van der Waals surface area contributed by atoms with Crippen molar-refractivity contribution < 1.29 is 31.7 Å². The number of nitrogens with zero attached hydrogens (tertiary/aromatic N) is 2. The fraction of sp³-hybridized carbons (Fsp3) is 0.316. The summed E-state index contributed by atoms with van der Waals surface area (Å²) >= 11 is 0. The monoisotopic (exact) mass is 429 g/mol. The topological polar surface area (TPSA) is 75.5 Å². The Morgan fingerprint density at radius 3 is 2.37 bits per heavy atom. The lowest BCUT2D eigenvalue weighted by atomic mass is 9.95. The summed E-state index contributed by atoms with van der Waals surface area (Å²) in [7, 11) is 0. The molecule has 1 aliphatic rings. The van der Waals surface area contributed by atoms with Crippen LogP contribution >= 0.6 is 0 Å². The Kier molecular flexibility index (Phi) is 5.90. The third kappa shape index (κ3) is 4.66. The highest BCUT2D eigenvalue weighted by Gasteiger charge is 2.35. The molecule has 0 saturated carbocycles. The number of carbonyl (C=O) groups excluding carboxylic acids is 1. The number of nitro benzene ring substituents is 1. The average Bonchev–Trinajstić information content (AvgIpc) is 2.69. The van der Waals surface area contributed by atoms with E-state index in [-0.39, 0.29) is 37.3 Å². The van der Waals surface area contributed by atoms with Crippen molar-refractivity contribution in [1.82, 2.24) is 0 Å². The lowest BCUT2D eigenvalue weighted by Crippen LogP contribution is -2.38. The van der Waals surface area contributed by atoms with Gasteiger partial charge in [0.2, 0.25) is 5.91 Å². The van der Waals surface area contributed by atoms with Crippen molar-refractivity contribution in [3.05, 3.63) is 63.7 Å². The van der Waals surface area contributed by atoms with E-state index in [0.717, 1.165) is 30.3 Å². The van der Waals surface area contributed by atoms with Gasteiger partial charge in [0.15, 0.2) is 0 Å². The zero-order valence-electron chi connectivity index (χ0n) is 15.4. The number of piperidine rings is 1. The van der Waals surface area contributed by atoms with Crippen molar-refractivity contribution >= 4 is 23.0 Å². The number of benzene rings is 2. The molecule has 0 aliphatic carbocycles. The van der Waals surface area contributed by atoms with E-state index in [4.69, 9.17) is 0 Å². The van der Waals surface area contributed by atoms with Gasteiger partial charge in [0.25, 0.3) is 5.69 Å². The van der Waals surface area contributed by atoms with Crippen LogP contribution in [0, 0.1) is 27.7 Å². The van der Waals surface area contributed by atoms with E-state index in [9.17, 15) is 36.9 Å². The maximum Gasteiger partial charge on any atom is 0.416 e. The Labute approximate surface area is 167 Å². The Morgan fingerprint density at radius 1 is 1.10 bits per heavy atom. The van der Waals surface area contributed by atoms with Gasteiger partial charge in [-0.15, -0.1) is 0 Å². The molecule has 1 amide bonds. The van der Waals surface area contributed by atoms with E-state index in [1.54, 1.807) is 0 Å². The zero-order chi connectivity index (χ0) is 22.1. The molecule has 160 valence electrons. The first-order valence-electron chi connectivity index (χ1n) is 8.93. The molecule has 11 heteroatoms. The second kappa shape index (κ2) is 8.25. The first-order valence-corrected chi connectivity index (χ1v) is 8.93.